The maximum absolute atomic E-state index is 14.6. The molecule has 11 rings (SSSR count). The number of aromatic nitrogens is 4. The van der Waals surface area contributed by atoms with Gasteiger partial charge in [-0.15, -0.1) is 29.3 Å². The third-order valence-electron chi connectivity index (χ3n) is 14.1. The number of benzene rings is 8. The fourth-order valence-electron chi connectivity index (χ4n) is 9.99. The van der Waals surface area contributed by atoms with Gasteiger partial charge in [-0.1, -0.05) is 171 Å². The monoisotopic (exact) mass is 1140 g/mol. The van der Waals surface area contributed by atoms with Crippen LogP contribution in [0.2, 0.25) is 0 Å². The summed E-state index contributed by atoms with van der Waals surface area (Å²) in [5.74, 6) is -0.178. The molecule has 1 N–H and O–H groups in total. The molecule has 0 aliphatic heterocycles. The van der Waals surface area contributed by atoms with Gasteiger partial charge in [0.2, 0.25) is 0 Å². The molecule has 0 spiro atoms. The largest absolute Gasteiger partial charge is 0.507 e. The van der Waals surface area contributed by atoms with Crippen LogP contribution in [0.15, 0.2) is 182 Å². The summed E-state index contributed by atoms with van der Waals surface area (Å²) >= 11 is 0. The topological polar surface area (TPSA) is 55.9 Å². The minimum atomic E-state index is -0.517. The number of para-hydroxylation sites is 2. The van der Waals surface area contributed by atoms with Crippen LogP contribution >= 0.6 is 0 Å². The zero-order valence-corrected chi connectivity index (χ0v) is 45.0. The molecule has 0 fully saturated rings. The van der Waals surface area contributed by atoms with Gasteiger partial charge in [0.15, 0.2) is 0 Å². The van der Waals surface area contributed by atoms with Crippen LogP contribution in [0, 0.1) is 11.9 Å². The molecule has 0 aliphatic rings. The second-order valence-electron chi connectivity index (χ2n) is 22.3. The van der Waals surface area contributed by atoms with Crippen LogP contribution in [-0.4, -0.2) is 24.2 Å². The van der Waals surface area contributed by atoms with Gasteiger partial charge in [-0.25, -0.2) is 9.37 Å². The number of fused-ring (bicyclic) bond motifs is 4. The Balaban J connectivity index is 0.00000611. The minimum Gasteiger partial charge on any atom is -0.507 e. The molecule has 0 saturated carbocycles. The Kier molecular flexibility index (Phi) is 12.5. The van der Waals surface area contributed by atoms with Crippen molar-refractivity contribution in [1.82, 2.24) is 19.1 Å². The van der Waals surface area contributed by atoms with E-state index in [-0.39, 0.29) is 43.1 Å². The molecule has 0 saturated heterocycles. The molecule has 0 radical (unpaired) electrons. The second-order valence-corrected chi connectivity index (χ2v) is 22.3. The van der Waals surface area contributed by atoms with Gasteiger partial charge in [0.1, 0.15) is 17.4 Å². The molecular formula is C66H58FN4OPt-. The van der Waals surface area contributed by atoms with Crippen molar-refractivity contribution >= 4 is 32.8 Å². The molecule has 0 bridgehead atoms. The Morgan fingerprint density at radius 1 is 0.466 bits per heavy atom. The van der Waals surface area contributed by atoms with Crippen molar-refractivity contribution in [2.24, 2.45) is 0 Å². The van der Waals surface area contributed by atoms with E-state index in [0.717, 1.165) is 78.6 Å². The molecule has 0 aliphatic carbocycles. The Hall–Kier alpha value is -7.40. The van der Waals surface area contributed by atoms with Gasteiger partial charge in [0, 0.05) is 61.2 Å². The first-order valence-electron chi connectivity index (χ1n) is 24.8. The molecule has 8 aromatic carbocycles. The number of halogens is 1. The fourth-order valence-corrected chi connectivity index (χ4v) is 9.99. The molecular weight excluding hydrogens is 1080 g/mol. The molecule has 0 unspecified atom stereocenters. The maximum atomic E-state index is 14.6. The molecule has 3 aromatic heterocycles. The summed E-state index contributed by atoms with van der Waals surface area (Å²) < 4.78 is 19.1. The summed E-state index contributed by atoms with van der Waals surface area (Å²) in [4.78, 5) is 10.4. The van der Waals surface area contributed by atoms with Crippen molar-refractivity contribution in [3.63, 3.8) is 0 Å². The number of aromatic hydroxyl groups is 1. The van der Waals surface area contributed by atoms with E-state index in [1.54, 1.807) is 6.07 Å². The maximum Gasteiger partial charge on any atom is 0.148 e. The van der Waals surface area contributed by atoms with E-state index in [1.807, 2.05) is 6.20 Å². The van der Waals surface area contributed by atoms with E-state index in [0.29, 0.717) is 11.4 Å². The van der Waals surface area contributed by atoms with E-state index >= 15 is 0 Å². The smallest absolute Gasteiger partial charge is 0.148 e. The summed E-state index contributed by atoms with van der Waals surface area (Å²) in [6.07, 6.45) is 1.90. The normalized spacial score (nSPS) is 12.2. The number of nitrogens with zero attached hydrogens (tertiary/aromatic N) is 4. The quantitative estimate of drug-likeness (QED) is 0.162. The van der Waals surface area contributed by atoms with Gasteiger partial charge >= 0.3 is 0 Å². The van der Waals surface area contributed by atoms with E-state index in [4.69, 9.17) is 9.97 Å². The summed E-state index contributed by atoms with van der Waals surface area (Å²) in [5.41, 5.74) is 17.2. The minimum absolute atomic E-state index is 0. The first-order valence-corrected chi connectivity index (χ1v) is 24.8. The van der Waals surface area contributed by atoms with Crippen molar-refractivity contribution in [3.8, 4) is 73.2 Å². The third-order valence-corrected chi connectivity index (χ3v) is 14.1. The average molecular weight is 1140 g/mol. The van der Waals surface area contributed by atoms with E-state index in [2.05, 4.69) is 235 Å². The van der Waals surface area contributed by atoms with Gasteiger partial charge in [-0.3, -0.25) is 9.55 Å². The predicted molar refractivity (Wildman–Crippen MR) is 297 cm³/mol. The number of phenols is 1. The zero-order chi connectivity index (χ0) is 50.3. The van der Waals surface area contributed by atoms with Crippen molar-refractivity contribution in [2.75, 3.05) is 0 Å². The van der Waals surface area contributed by atoms with Crippen LogP contribution in [0.1, 0.15) is 79.0 Å². The van der Waals surface area contributed by atoms with Gasteiger partial charge in [0.25, 0.3) is 0 Å². The van der Waals surface area contributed by atoms with Crippen molar-refractivity contribution in [2.45, 2.75) is 78.6 Å². The first kappa shape index (κ1) is 49.2. The zero-order valence-electron chi connectivity index (χ0n) is 42.8. The van der Waals surface area contributed by atoms with Crippen LogP contribution < -0.4 is 0 Å². The number of rotatable bonds is 7. The van der Waals surface area contributed by atoms with Crippen molar-refractivity contribution < 1.29 is 30.6 Å². The van der Waals surface area contributed by atoms with Gasteiger partial charge in [-0.2, -0.15) is 0 Å². The summed E-state index contributed by atoms with van der Waals surface area (Å²) in [6.45, 7) is 20.0. The van der Waals surface area contributed by atoms with Crippen LogP contribution in [0.5, 0.6) is 5.75 Å². The van der Waals surface area contributed by atoms with Crippen LogP contribution in [0.4, 0.5) is 4.39 Å². The van der Waals surface area contributed by atoms with E-state index in [1.165, 1.54) is 39.1 Å². The molecule has 5 nitrogen and oxygen atoms in total. The summed E-state index contributed by atoms with van der Waals surface area (Å²) in [7, 11) is 0. The van der Waals surface area contributed by atoms with Crippen molar-refractivity contribution in [3.05, 3.63) is 211 Å². The van der Waals surface area contributed by atoms with Crippen LogP contribution in [0.25, 0.3) is 100 Å². The van der Waals surface area contributed by atoms with E-state index in [9.17, 15) is 9.50 Å². The Morgan fingerprint density at radius 2 is 1.08 bits per heavy atom. The summed E-state index contributed by atoms with van der Waals surface area (Å²) in [5, 5.41) is 13.8. The molecule has 0 amide bonds. The molecule has 366 valence electrons. The van der Waals surface area contributed by atoms with Crippen molar-refractivity contribution in [1.29, 1.82) is 0 Å². The fraction of sp³-hybridized carbons (Fsp3) is 0.182. The van der Waals surface area contributed by atoms with Crippen LogP contribution in [-0.2, 0) is 37.3 Å². The first-order chi connectivity index (χ1) is 34.4. The second kappa shape index (κ2) is 18.6. The van der Waals surface area contributed by atoms with Gasteiger partial charge in [-0.05, 0) is 110 Å². The Morgan fingerprint density at radius 3 is 1.81 bits per heavy atom. The molecule has 7 heteroatoms. The number of hydrogen-bond donors (Lipinski definition) is 1. The number of pyridine rings is 1. The SMILES string of the molecule is CC(C)(C)c1cc(-c2cc(-c3ccc4c5ccccc5n(-c5cccc(-c6ccccc6)c5)c4c3)ccn2)[c-]c(-c2cccc3c2nc(-c2ccc(F)cc2O)n3-c2cc(C(C)(C)C)cc(C(C)(C)C)c2)c1.[Pt]. The van der Waals surface area contributed by atoms with E-state index < -0.39 is 5.82 Å². The van der Waals surface area contributed by atoms with Gasteiger partial charge < -0.3 is 9.67 Å². The number of imidazole rings is 1. The number of hydrogen-bond acceptors (Lipinski definition) is 3. The van der Waals surface area contributed by atoms with Gasteiger partial charge in [0.05, 0.1) is 27.6 Å². The average Bonchev–Trinajstić information content (AvgIpc) is 3.92. The Bertz CT molecular complexity index is 3870. The Labute approximate surface area is 442 Å². The number of phenolic OH excluding ortho intramolecular Hbond substituents is 1. The molecule has 3 heterocycles. The third kappa shape index (κ3) is 9.23. The molecule has 11 aromatic rings. The molecule has 0 atom stereocenters. The molecule has 73 heavy (non-hydrogen) atoms. The predicted octanol–water partition coefficient (Wildman–Crippen LogP) is 17.4. The standard InChI is InChI=1S/C66H58FN4O.Pt/c1-64(2,3)47-32-45(53-22-16-24-59-62(53)69-63(56-28-26-50(67)40-61(56)72)71(59)52-38-48(65(4,5)6)37-49(39-52)66(7,8)9)31-46(33-47)57-35-44(29-30-68-57)43-25-27-55-54-21-13-14-23-58(54)70(60(55)36-43)51-20-15-19-42(34-51)41-17-11-10-12-18-41;/h10-30,32-40,72H,1-9H3;/q-1;. The van der Waals surface area contributed by atoms with Crippen LogP contribution in [0.3, 0.4) is 0 Å². The summed E-state index contributed by atoms with van der Waals surface area (Å²) in [6, 6.07) is 64.4.